The summed E-state index contributed by atoms with van der Waals surface area (Å²) in [5.41, 5.74) is 1.14. The van der Waals surface area contributed by atoms with Crippen molar-refractivity contribution in [3.63, 3.8) is 0 Å². The van der Waals surface area contributed by atoms with Crippen molar-refractivity contribution in [2.24, 2.45) is 0 Å². The Kier molecular flexibility index (Phi) is 5.13. The number of hydrogen-bond acceptors (Lipinski definition) is 4. The first kappa shape index (κ1) is 19.2. The summed E-state index contributed by atoms with van der Waals surface area (Å²) in [4.78, 5) is 25.8. The van der Waals surface area contributed by atoms with Crippen LogP contribution in [0, 0.1) is 0 Å². The molecule has 1 heterocycles. The van der Waals surface area contributed by atoms with Crippen molar-refractivity contribution in [2.75, 3.05) is 17.3 Å². The van der Waals surface area contributed by atoms with Crippen LogP contribution >= 0.6 is 0 Å². The highest BCUT2D eigenvalue weighted by atomic mass is 19.1. The molecular weight excluding hydrogens is 375 g/mol. The van der Waals surface area contributed by atoms with Crippen LogP contribution in [0.4, 0.5) is 15.8 Å². The van der Waals surface area contributed by atoms with E-state index in [1.165, 1.54) is 14.0 Å². The van der Waals surface area contributed by atoms with E-state index in [4.69, 9.17) is 9.47 Å². The zero-order chi connectivity index (χ0) is 20.5. The Morgan fingerprint density at radius 1 is 1.17 bits per heavy atom. The molecule has 2 amide bonds. The summed E-state index contributed by atoms with van der Waals surface area (Å²) >= 11 is 0. The summed E-state index contributed by atoms with van der Waals surface area (Å²) in [7, 11) is 1.50. The lowest BCUT2D eigenvalue weighted by Crippen LogP contribution is -2.27. The summed E-state index contributed by atoms with van der Waals surface area (Å²) in [6.07, 6.45) is 2.46. The highest BCUT2D eigenvalue weighted by Gasteiger charge is 2.39. The molecule has 0 radical (unpaired) electrons. The maximum atomic E-state index is 15.3. The lowest BCUT2D eigenvalue weighted by Gasteiger charge is -2.25. The van der Waals surface area contributed by atoms with Gasteiger partial charge < -0.3 is 14.8 Å². The second-order valence-corrected chi connectivity index (χ2v) is 7.32. The Morgan fingerprint density at radius 3 is 2.55 bits per heavy atom. The van der Waals surface area contributed by atoms with E-state index in [9.17, 15) is 9.59 Å². The third kappa shape index (κ3) is 3.52. The van der Waals surface area contributed by atoms with E-state index in [0.717, 1.165) is 30.6 Å². The number of amides is 2. The van der Waals surface area contributed by atoms with Gasteiger partial charge in [0.15, 0.2) is 11.5 Å². The van der Waals surface area contributed by atoms with E-state index in [1.807, 2.05) is 0 Å². The maximum Gasteiger partial charge on any atom is 0.261 e. The lowest BCUT2D eigenvalue weighted by molar-refractivity contribution is -0.114. The molecule has 0 saturated heterocycles. The normalized spacial score (nSPS) is 18.7. The second-order valence-electron chi connectivity index (χ2n) is 7.32. The molecule has 29 heavy (non-hydrogen) atoms. The molecule has 7 heteroatoms. The molecule has 0 aromatic heterocycles. The fourth-order valence-corrected chi connectivity index (χ4v) is 3.98. The number of fused-ring (bicyclic) bond motifs is 1. The second kappa shape index (κ2) is 7.73. The molecule has 0 spiro atoms. The SMILES string of the molecule is COc1cc(NC(C)=O)c(N2C(=O)c3ccccc3C2F)cc1OC1CCCC1. The van der Waals surface area contributed by atoms with Crippen LogP contribution in [0.1, 0.15) is 54.8 Å². The van der Waals surface area contributed by atoms with E-state index in [1.54, 1.807) is 36.4 Å². The van der Waals surface area contributed by atoms with Crippen molar-refractivity contribution in [1.29, 1.82) is 0 Å². The third-order valence-corrected chi connectivity index (χ3v) is 5.34. The van der Waals surface area contributed by atoms with Crippen LogP contribution < -0.4 is 19.7 Å². The summed E-state index contributed by atoms with van der Waals surface area (Å²) in [6, 6.07) is 9.74. The van der Waals surface area contributed by atoms with E-state index in [2.05, 4.69) is 5.32 Å². The number of alkyl halides is 1. The molecule has 1 fully saturated rings. The van der Waals surface area contributed by atoms with Crippen molar-refractivity contribution in [3.8, 4) is 11.5 Å². The highest BCUT2D eigenvalue weighted by molar-refractivity contribution is 6.13. The molecule has 4 rings (SSSR count). The fourth-order valence-electron chi connectivity index (χ4n) is 3.98. The first-order valence-electron chi connectivity index (χ1n) is 9.72. The Balaban J connectivity index is 1.80. The van der Waals surface area contributed by atoms with Crippen molar-refractivity contribution < 1.29 is 23.5 Å². The van der Waals surface area contributed by atoms with E-state index < -0.39 is 12.2 Å². The first-order chi connectivity index (χ1) is 14.0. The van der Waals surface area contributed by atoms with Crippen LogP contribution in [-0.2, 0) is 4.79 Å². The van der Waals surface area contributed by atoms with Gasteiger partial charge >= 0.3 is 0 Å². The van der Waals surface area contributed by atoms with E-state index in [0.29, 0.717) is 22.6 Å². The van der Waals surface area contributed by atoms with Gasteiger partial charge in [0.25, 0.3) is 5.91 Å². The predicted octanol–water partition coefficient (Wildman–Crippen LogP) is 4.60. The number of hydrogen-bond donors (Lipinski definition) is 1. The van der Waals surface area contributed by atoms with Crippen molar-refractivity contribution in [2.45, 2.75) is 45.0 Å². The Labute approximate surface area is 168 Å². The fraction of sp³-hybridized carbons (Fsp3) is 0.364. The number of carbonyl (C=O) groups excluding carboxylic acids is 2. The minimum Gasteiger partial charge on any atom is -0.493 e. The molecule has 152 valence electrons. The number of nitrogens with zero attached hydrogens (tertiary/aromatic N) is 1. The van der Waals surface area contributed by atoms with E-state index in [-0.39, 0.29) is 23.4 Å². The van der Waals surface area contributed by atoms with Gasteiger partial charge in [-0.3, -0.25) is 14.5 Å². The van der Waals surface area contributed by atoms with Crippen molar-refractivity contribution >= 4 is 23.2 Å². The summed E-state index contributed by atoms with van der Waals surface area (Å²) in [6.45, 7) is 1.35. The predicted molar refractivity (Wildman–Crippen MR) is 107 cm³/mol. The van der Waals surface area contributed by atoms with Gasteiger partial charge in [-0.2, -0.15) is 0 Å². The Morgan fingerprint density at radius 2 is 1.90 bits per heavy atom. The monoisotopic (exact) mass is 398 g/mol. The quantitative estimate of drug-likeness (QED) is 0.748. The van der Waals surface area contributed by atoms with Crippen molar-refractivity contribution in [3.05, 3.63) is 47.5 Å². The molecule has 2 aromatic carbocycles. The summed E-state index contributed by atoms with van der Waals surface area (Å²) in [5, 5.41) is 2.68. The van der Waals surface area contributed by atoms with Crippen LogP contribution in [-0.4, -0.2) is 25.0 Å². The molecule has 1 atom stereocenters. The largest absolute Gasteiger partial charge is 0.493 e. The van der Waals surface area contributed by atoms with Crippen molar-refractivity contribution in [1.82, 2.24) is 0 Å². The van der Waals surface area contributed by atoms with Gasteiger partial charge in [0.1, 0.15) is 0 Å². The van der Waals surface area contributed by atoms with E-state index >= 15 is 4.39 Å². The number of rotatable bonds is 5. The van der Waals surface area contributed by atoms with Crippen LogP contribution in [0.2, 0.25) is 0 Å². The highest BCUT2D eigenvalue weighted by Crippen LogP contribution is 2.46. The van der Waals surface area contributed by atoms with Crippen LogP contribution in [0.25, 0.3) is 0 Å². The molecule has 1 unspecified atom stereocenters. The molecule has 1 aliphatic carbocycles. The Hall–Kier alpha value is -3.09. The number of anilines is 2. The number of methoxy groups -OCH3 is 1. The van der Waals surface area contributed by atoms with Gasteiger partial charge in [-0.25, -0.2) is 4.39 Å². The average Bonchev–Trinajstić information content (AvgIpc) is 3.30. The average molecular weight is 398 g/mol. The lowest BCUT2D eigenvalue weighted by atomic mass is 10.1. The number of benzene rings is 2. The molecule has 2 aliphatic rings. The van der Waals surface area contributed by atoms with Gasteiger partial charge in [0, 0.05) is 30.2 Å². The topological polar surface area (TPSA) is 67.9 Å². The molecule has 1 aliphatic heterocycles. The zero-order valence-corrected chi connectivity index (χ0v) is 16.4. The van der Waals surface area contributed by atoms with Crippen LogP contribution in [0.3, 0.4) is 0 Å². The minimum atomic E-state index is -1.65. The smallest absolute Gasteiger partial charge is 0.261 e. The first-order valence-corrected chi connectivity index (χ1v) is 9.72. The van der Waals surface area contributed by atoms with Gasteiger partial charge in [-0.05, 0) is 31.7 Å². The van der Waals surface area contributed by atoms with Gasteiger partial charge in [-0.1, -0.05) is 18.2 Å². The van der Waals surface area contributed by atoms with Crippen LogP contribution in [0.5, 0.6) is 11.5 Å². The summed E-state index contributed by atoms with van der Waals surface area (Å²) in [5.74, 6) is 0.0532. The van der Waals surface area contributed by atoms with Gasteiger partial charge in [0.05, 0.1) is 24.6 Å². The number of carbonyl (C=O) groups is 2. The number of halogens is 1. The standard InChI is InChI=1S/C22H23FN2O4/c1-13(26)24-17-11-19(28-2)20(29-14-7-3-4-8-14)12-18(17)25-21(23)15-9-5-6-10-16(15)22(25)27/h5-6,9-12,14,21H,3-4,7-8H2,1-2H3,(H,24,26). The molecule has 6 nitrogen and oxygen atoms in total. The molecule has 0 bridgehead atoms. The molecule has 1 saturated carbocycles. The number of ether oxygens (including phenoxy) is 2. The summed E-state index contributed by atoms with van der Waals surface area (Å²) < 4.78 is 26.8. The van der Waals surface area contributed by atoms with Crippen LogP contribution in [0.15, 0.2) is 36.4 Å². The molecular formula is C22H23FN2O4. The van der Waals surface area contributed by atoms with Gasteiger partial charge in [-0.15, -0.1) is 0 Å². The maximum absolute atomic E-state index is 15.3. The molecule has 1 N–H and O–H groups in total. The minimum absolute atomic E-state index is 0.0519. The zero-order valence-electron chi connectivity index (χ0n) is 16.4. The Bertz CT molecular complexity index is 956. The third-order valence-electron chi connectivity index (χ3n) is 5.34. The van der Waals surface area contributed by atoms with Gasteiger partial charge in [0.2, 0.25) is 12.2 Å². The number of nitrogens with one attached hydrogen (secondary N) is 1. The molecule has 2 aromatic rings.